The summed E-state index contributed by atoms with van der Waals surface area (Å²) in [4.78, 5) is 23.0. The minimum atomic E-state index is -0.854. The highest BCUT2D eigenvalue weighted by molar-refractivity contribution is 6.09. The second kappa shape index (κ2) is 4.82. The number of hydrazone groups is 1. The lowest BCUT2D eigenvalue weighted by Gasteiger charge is -2.18. The SMILES string of the molecule is CCOC(=O)C1CC(c2ccco2)=NNC1=O. The van der Waals surface area contributed by atoms with Crippen molar-refractivity contribution in [2.45, 2.75) is 13.3 Å². The summed E-state index contributed by atoms with van der Waals surface area (Å²) in [6.07, 6.45) is 1.70. The molecule has 0 fully saturated rings. The third-order valence-electron chi connectivity index (χ3n) is 2.39. The van der Waals surface area contributed by atoms with Gasteiger partial charge in [0.15, 0.2) is 0 Å². The number of furan rings is 1. The van der Waals surface area contributed by atoms with Crippen molar-refractivity contribution in [2.75, 3.05) is 6.61 Å². The molecule has 1 unspecified atom stereocenters. The topological polar surface area (TPSA) is 80.9 Å². The Morgan fingerprint density at radius 3 is 3.18 bits per heavy atom. The molecule has 17 heavy (non-hydrogen) atoms. The van der Waals surface area contributed by atoms with Crippen molar-refractivity contribution < 1.29 is 18.7 Å². The number of carbonyl (C=O) groups excluding carboxylic acids is 2. The van der Waals surface area contributed by atoms with Gasteiger partial charge in [-0.25, -0.2) is 5.43 Å². The molecule has 2 rings (SSSR count). The number of rotatable bonds is 3. The average Bonchev–Trinajstić information content (AvgIpc) is 2.83. The number of nitrogens with one attached hydrogen (secondary N) is 1. The Morgan fingerprint density at radius 1 is 1.71 bits per heavy atom. The van der Waals surface area contributed by atoms with Crippen LogP contribution in [0.2, 0.25) is 0 Å². The fourth-order valence-electron chi connectivity index (χ4n) is 1.56. The standard InChI is InChI=1S/C11H12N2O4/c1-2-16-11(15)7-6-8(12-13-10(7)14)9-4-3-5-17-9/h3-5,7H,2,6H2,1H3,(H,13,14). The summed E-state index contributed by atoms with van der Waals surface area (Å²) < 4.78 is 9.99. The lowest BCUT2D eigenvalue weighted by atomic mass is 9.99. The van der Waals surface area contributed by atoms with E-state index in [1.807, 2.05) is 0 Å². The molecule has 0 spiro atoms. The summed E-state index contributed by atoms with van der Waals surface area (Å²) in [5.74, 6) is -1.30. The Morgan fingerprint density at radius 2 is 2.53 bits per heavy atom. The van der Waals surface area contributed by atoms with Gasteiger partial charge in [0.2, 0.25) is 0 Å². The molecule has 1 amide bonds. The quantitative estimate of drug-likeness (QED) is 0.618. The van der Waals surface area contributed by atoms with Gasteiger partial charge in [-0.2, -0.15) is 5.10 Å². The van der Waals surface area contributed by atoms with E-state index in [9.17, 15) is 9.59 Å². The van der Waals surface area contributed by atoms with E-state index < -0.39 is 17.8 Å². The molecule has 0 bridgehead atoms. The predicted octanol–water partition coefficient (Wildman–Crippen LogP) is 0.683. The van der Waals surface area contributed by atoms with Gasteiger partial charge in [0.1, 0.15) is 17.4 Å². The zero-order chi connectivity index (χ0) is 12.3. The van der Waals surface area contributed by atoms with Gasteiger partial charge in [-0.1, -0.05) is 0 Å². The minimum Gasteiger partial charge on any atom is -0.465 e. The third kappa shape index (κ3) is 2.35. The van der Waals surface area contributed by atoms with Crippen LogP contribution in [0.1, 0.15) is 19.1 Å². The molecule has 6 nitrogen and oxygen atoms in total. The molecular formula is C11H12N2O4. The lowest BCUT2D eigenvalue weighted by Crippen LogP contribution is -2.40. The molecule has 1 aliphatic rings. The maximum Gasteiger partial charge on any atom is 0.318 e. The minimum absolute atomic E-state index is 0.193. The first-order valence-corrected chi connectivity index (χ1v) is 5.29. The highest BCUT2D eigenvalue weighted by Crippen LogP contribution is 2.17. The van der Waals surface area contributed by atoms with Crippen LogP contribution in [-0.4, -0.2) is 24.2 Å². The van der Waals surface area contributed by atoms with Crippen LogP contribution >= 0.6 is 0 Å². The Hall–Kier alpha value is -2.11. The molecule has 0 aliphatic carbocycles. The summed E-state index contributed by atoms with van der Waals surface area (Å²) >= 11 is 0. The van der Waals surface area contributed by atoms with E-state index in [2.05, 4.69) is 10.5 Å². The lowest BCUT2D eigenvalue weighted by molar-refractivity contribution is -0.152. The summed E-state index contributed by atoms with van der Waals surface area (Å²) in [6, 6.07) is 3.44. The molecule has 2 heterocycles. The van der Waals surface area contributed by atoms with Crippen molar-refractivity contribution in [1.82, 2.24) is 5.43 Å². The number of amides is 1. The zero-order valence-corrected chi connectivity index (χ0v) is 9.30. The number of carbonyl (C=O) groups is 2. The highest BCUT2D eigenvalue weighted by atomic mass is 16.5. The molecule has 0 radical (unpaired) electrons. The molecule has 90 valence electrons. The van der Waals surface area contributed by atoms with E-state index in [4.69, 9.17) is 9.15 Å². The van der Waals surface area contributed by atoms with Crippen molar-refractivity contribution >= 4 is 17.6 Å². The third-order valence-corrected chi connectivity index (χ3v) is 2.39. The van der Waals surface area contributed by atoms with Gasteiger partial charge in [0.05, 0.1) is 12.9 Å². The number of nitrogens with zero attached hydrogens (tertiary/aromatic N) is 1. The van der Waals surface area contributed by atoms with Crippen LogP contribution in [-0.2, 0) is 14.3 Å². The zero-order valence-electron chi connectivity index (χ0n) is 9.30. The number of hydrogen-bond donors (Lipinski definition) is 1. The second-order valence-electron chi connectivity index (χ2n) is 3.52. The van der Waals surface area contributed by atoms with Crippen LogP contribution in [0.5, 0.6) is 0 Å². The van der Waals surface area contributed by atoms with E-state index in [-0.39, 0.29) is 13.0 Å². The van der Waals surface area contributed by atoms with Crippen LogP contribution in [0.4, 0.5) is 0 Å². The maximum absolute atomic E-state index is 11.6. The molecule has 1 aromatic heterocycles. The Balaban J connectivity index is 2.14. The van der Waals surface area contributed by atoms with Crippen LogP contribution < -0.4 is 5.43 Å². The van der Waals surface area contributed by atoms with Gasteiger partial charge in [-0.3, -0.25) is 9.59 Å². The van der Waals surface area contributed by atoms with Gasteiger partial charge in [-0.15, -0.1) is 0 Å². The normalized spacial score (nSPS) is 19.5. The Kier molecular flexibility index (Phi) is 3.22. The van der Waals surface area contributed by atoms with Crippen LogP contribution in [0, 0.1) is 5.92 Å². The summed E-state index contributed by atoms with van der Waals surface area (Å²) in [6.45, 7) is 1.94. The fraction of sp³-hybridized carbons (Fsp3) is 0.364. The van der Waals surface area contributed by atoms with Crippen LogP contribution in [0.15, 0.2) is 27.9 Å². The molecule has 0 saturated carbocycles. The molecule has 1 aromatic rings. The molecule has 0 saturated heterocycles. The largest absolute Gasteiger partial charge is 0.465 e. The van der Waals surface area contributed by atoms with Crippen molar-refractivity contribution in [2.24, 2.45) is 11.0 Å². The van der Waals surface area contributed by atoms with Crippen molar-refractivity contribution in [3.05, 3.63) is 24.2 Å². The van der Waals surface area contributed by atoms with Crippen molar-refractivity contribution in [3.8, 4) is 0 Å². The number of hydrogen-bond acceptors (Lipinski definition) is 5. The summed E-state index contributed by atoms with van der Waals surface area (Å²) in [7, 11) is 0. The summed E-state index contributed by atoms with van der Waals surface area (Å²) in [5, 5.41) is 3.86. The average molecular weight is 236 g/mol. The molecule has 1 N–H and O–H groups in total. The molecular weight excluding hydrogens is 224 g/mol. The van der Waals surface area contributed by atoms with Gasteiger partial charge in [0.25, 0.3) is 5.91 Å². The van der Waals surface area contributed by atoms with Gasteiger partial charge < -0.3 is 9.15 Å². The number of ether oxygens (including phenoxy) is 1. The maximum atomic E-state index is 11.6. The van der Waals surface area contributed by atoms with E-state index in [1.54, 1.807) is 19.1 Å². The van der Waals surface area contributed by atoms with Crippen molar-refractivity contribution in [3.63, 3.8) is 0 Å². The molecule has 1 aliphatic heterocycles. The smallest absolute Gasteiger partial charge is 0.318 e. The molecule has 0 aromatic carbocycles. The van der Waals surface area contributed by atoms with E-state index in [0.717, 1.165) is 0 Å². The Bertz CT molecular complexity index is 450. The van der Waals surface area contributed by atoms with Gasteiger partial charge >= 0.3 is 5.97 Å². The van der Waals surface area contributed by atoms with Crippen molar-refractivity contribution in [1.29, 1.82) is 0 Å². The monoisotopic (exact) mass is 236 g/mol. The van der Waals surface area contributed by atoms with E-state index in [0.29, 0.717) is 11.5 Å². The van der Waals surface area contributed by atoms with Crippen LogP contribution in [0.25, 0.3) is 0 Å². The number of esters is 1. The summed E-state index contributed by atoms with van der Waals surface area (Å²) in [5.41, 5.74) is 2.83. The van der Waals surface area contributed by atoms with Crippen LogP contribution in [0.3, 0.4) is 0 Å². The van der Waals surface area contributed by atoms with Gasteiger partial charge in [0, 0.05) is 6.42 Å². The molecule has 6 heteroatoms. The fourth-order valence-corrected chi connectivity index (χ4v) is 1.56. The Labute approximate surface area is 97.6 Å². The van der Waals surface area contributed by atoms with E-state index >= 15 is 0 Å². The van der Waals surface area contributed by atoms with Gasteiger partial charge in [-0.05, 0) is 19.1 Å². The first kappa shape index (κ1) is 11.4. The highest BCUT2D eigenvalue weighted by Gasteiger charge is 2.33. The first-order chi connectivity index (χ1) is 8.22. The first-order valence-electron chi connectivity index (χ1n) is 5.29. The predicted molar refractivity (Wildman–Crippen MR) is 58.1 cm³/mol. The molecule has 1 atom stereocenters. The van der Waals surface area contributed by atoms with E-state index in [1.165, 1.54) is 6.26 Å². The second-order valence-corrected chi connectivity index (χ2v) is 3.52.